The highest BCUT2D eigenvalue weighted by molar-refractivity contribution is 5.80. The molecule has 29 heavy (non-hydrogen) atoms. The van der Waals surface area contributed by atoms with Gasteiger partial charge in [0.05, 0.1) is 0 Å². The van der Waals surface area contributed by atoms with E-state index in [9.17, 15) is 27.6 Å². The fourth-order valence-electron chi connectivity index (χ4n) is 3.33. The smallest absolute Gasteiger partial charge is 0.327 e. The number of anilines is 2. The van der Waals surface area contributed by atoms with Crippen LogP contribution in [0.4, 0.5) is 24.7 Å². The van der Waals surface area contributed by atoms with E-state index in [2.05, 4.69) is 22.5 Å². The van der Waals surface area contributed by atoms with Gasteiger partial charge < -0.3 is 10.2 Å². The summed E-state index contributed by atoms with van der Waals surface area (Å²) in [4.78, 5) is 44.5. The molecule has 2 aliphatic heterocycles. The van der Waals surface area contributed by atoms with Crippen molar-refractivity contribution in [3.63, 3.8) is 0 Å². The fourth-order valence-corrected chi connectivity index (χ4v) is 3.33. The molecule has 0 bridgehead atoms. The van der Waals surface area contributed by atoms with Gasteiger partial charge in [-0.2, -0.15) is 13.2 Å². The molecule has 0 aliphatic carbocycles. The average molecular weight is 416 g/mol. The number of hydrogen-bond acceptors (Lipinski definition) is 8. The quantitative estimate of drug-likeness (QED) is 0.642. The zero-order valence-corrected chi connectivity index (χ0v) is 15.7. The van der Waals surface area contributed by atoms with Crippen molar-refractivity contribution in [1.82, 2.24) is 19.4 Å². The highest BCUT2D eigenvalue weighted by Crippen LogP contribution is 2.38. The van der Waals surface area contributed by atoms with Gasteiger partial charge in [-0.25, -0.2) is 9.59 Å². The van der Waals surface area contributed by atoms with Crippen LogP contribution in [-0.2, 0) is 23.7 Å². The molecule has 10 nitrogen and oxygen atoms in total. The lowest BCUT2D eigenvalue weighted by Gasteiger charge is -2.39. The summed E-state index contributed by atoms with van der Waals surface area (Å²) in [6.45, 7) is 5.27. The van der Waals surface area contributed by atoms with Crippen LogP contribution < -0.4 is 26.5 Å². The normalized spacial score (nSPS) is 19.7. The summed E-state index contributed by atoms with van der Waals surface area (Å²) < 4.78 is 40.5. The molecule has 1 saturated heterocycles. The second kappa shape index (κ2) is 7.43. The van der Waals surface area contributed by atoms with Crippen molar-refractivity contribution in [3.8, 4) is 0 Å². The summed E-state index contributed by atoms with van der Waals surface area (Å²) in [5.74, 6) is -2.74. The largest absolute Gasteiger partial charge is 0.493 e. The number of nitrogens with zero attached hydrogens (tertiary/aromatic N) is 5. The van der Waals surface area contributed by atoms with Crippen LogP contribution in [0, 0.1) is 0 Å². The molecular formula is C16H19F3N6O4. The Morgan fingerprint density at radius 2 is 1.86 bits per heavy atom. The van der Waals surface area contributed by atoms with E-state index in [1.165, 1.54) is 25.2 Å². The number of alkyl halides is 3. The van der Waals surface area contributed by atoms with Gasteiger partial charge >= 0.3 is 17.8 Å². The number of rotatable bonds is 3. The van der Waals surface area contributed by atoms with Gasteiger partial charge in [-0.3, -0.25) is 23.7 Å². The first-order valence-corrected chi connectivity index (χ1v) is 8.57. The van der Waals surface area contributed by atoms with Crippen molar-refractivity contribution in [2.45, 2.75) is 12.5 Å². The number of piperazine rings is 1. The van der Waals surface area contributed by atoms with Crippen LogP contribution in [0.25, 0.3) is 0 Å². The van der Waals surface area contributed by atoms with Gasteiger partial charge in [0.1, 0.15) is 0 Å². The fraction of sp³-hybridized carbons (Fsp3) is 0.500. The molecule has 0 spiro atoms. The van der Waals surface area contributed by atoms with Gasteiger partial charge in [0.25, 0.3) is 5.56 Å². The van der Waals surface area contributed by atoms with E-state index in [-0.39, 0.29) is 11.5 Å². The third-order valence-corrected chi connectivity index (χ3v) is 4.66. The van der Waals surface area contributed by atoms with Gasteiger partial charge in [-0.05, 0) is 0 Å². The van der Waals surface area contributed by atoms with E-state index >= 15 is 0 Å². The molecule has 0 aromatic carbocycles. The first-order valence-electron chi connectivity index (χ1n) is 8.57. The maximum atomic E-state index is 12.9. The molecule has 3 rings (SSSR count). The highest BCUT2D eigenvalue weighted by Gasteiger charge is 2.50. The van der Waals surface area contributed by atoms with E-state index in [4.69, 9.17) is 0 Å². The Morgan fingerprint density at radius 1 is 1.24 bits per heavy atom. The number of carbonyl (C=O) groups excluding carboxylic acids is 1. The number of fused-ring (bicyclic) bond motifs is 1. The summed E-state index contributed by atoms with van der Waals surface area (Å²) in [7, 11) is 2.51. The minimum absolute atomic E-state index is 0.135. The van der Waals surface area contributed by atoms with Gasteiger partial charge in [0.2, 0.25) is 6.29 Å². The summed E-state index contributed by atoms with van der Waals surface area (Å²) >= 11 is 0. The maximum absolute atomic E-state index is 12.9. The molecule has 2 aliphatic rings. The Balaban J connectivity index is 2.24. The standard InChI is InChI=1S/C16H19F3N6O4/c1-4-7-24-10-11(21(2)15(28)22(3)12(10)26)25(29-13(27)16(17,18)19)14(24)23-8-5-20-6-9-23/h7,14,20H,1,5-6,8-9H2,2-3H3. The van der Waals surface area contributed by atoms with E-state index in [1.54, 1.807) is 4.90 Å². The number of carbonyl (C=O) groups is 1. The van der Waals surface area contributed by atoms with Crippen molar-refractivity contribution >= 4 is 17.5 Å². The first kappa shape index (κ1) is 20.7. The van der Waals surface area contributed by atoms with Crippen LogP contribution in [0.1, 0.15) is 0 Å². The van der Waals surface area contributed by atoms with Gasteiger partial charge in [0.15, 0.2) is 11.5 Å². The third kappa shape index (κ3) is 3.43. The number of aromatic nitrogens is 2. The molecule has 3 heterocycles. The van der Waals surface area contributed by atoms with Crippen molar-refractivity contribution in [2.24, 2.45) is 14.1 Å². The van der Waals surface area contributed by atoms with E-state index < -0.39 is 29.7 Å². The van der Waals surface area contributed by atoms with Crippen molar-refractivity contribution in [1.29, 1.82) is 0 Å². The lowest BCUT2D eigenvalue weighted by Crippen LogP contribution is -2.60. The molecular weight excluding hydrogens is 397 g/mol. The molecule has 158 valence electrons. The Morgan fingerprint density at radius 3 is 2.41 bits per heavy atom. The third-order valence-electron chi connectivity index (χ3n) is 4.66. The Kier molecular flexibility index (Phi) is 5.30. The summed E-state index contributed by atoms with van der Waals surface area (Å²) in [6, 6.07) is 0. The number of hydrogen-bond donors (Lipinski definition) is 1. The SMILES string of the molecule is C=C=CN1c2c(n(C)c(=O)n(C)c2=O)N(OC(=O)C(F)(F)F)C1N1CCNCC1. The monoisotopic (exact) mass is 416 g/mol. The van der Waals surface area contributed by atoms with Crippen LogP contribution in [-0.4, -0.2) is 58.6 Å². The summed E-state index contributed by atoms with van der Waals surface area (Å²) in [6.07, 6.45) is -5.14. The predicted octanol–water partition coefficient (Wildman–Crippen LogP) is -0.782. The molecule has 1 aromatic heterocycles. The molecule has 1 aromatic rings. The van der Waals surface area contributed by atoms with Crippen molar-refractivity contribution in [2.75, 3.05) is 36.1 Å². The lowest BCUT2D eigenvalue weighted by atomic mass is 10.3. The van der Waals surface area contributed by atoms with E-state index in [0.717, 1.165) is 9.13 Å². The Hall–Kier alpha value is -3.02. The topological polar surface area (TPSA) is 92.0 Å². The van der Waals surface area contributed by atoms with E-state index in [1.807, 2.05) is 0 Å². The predicted molar refractivity (Wildman–Crippen MR) is 96.0 cm³/mol. The summed E-state index contributed by atoms with van der Waals surface area (Å²) in [5.41, 5.74) is 0.803. The van der Waals surface area contributed by atoms with Gasteiger partial charge in [0, 0.05) is 46.5 Å². The van der Waals surface area contributed by atoms with Crippen LogP contribution in [0.15, 0.2) is 28.1 Å². The second-order valence-electron chi connectivity index (χ2n) is 6.45. The molecule has 0 amide bonds. The number of halogens is 3. The average Bonchev–Trinajstić information content (AvgIpc) is 2.98. The number of hydroxylamine groups is 1. The first-order chi connectivity index (χ1) is 13.6. The van der Waals surface area contributed by atoms with Crippen LogP contribution in [0.3, 0.4) is 0 Å². The van der Waals surface area contributed by atoms with Crippen LogP contribution in [0.5, 0.6) is 0 Å². The molecule has 1 N–H and O–H groups in total. The zero-order valence-electron chi connectivity index (χ0n) is 15.7. The number of nitrogens with one attached hydrogen (secondary N) is 1. The van der Waals surface area contributed by atoms with E-state index in [0.29, 0.717) is 31.2 Å². The zero-order chi connectivity index (χ0) is 21.5. The van der Waals surface area contributed by atoms with Crippen molar-refractivity contribution in [3.05, 3.63) is 39.3 Å². The Labute approximate surface area is 162 Å². The highest BCUT2D eigenvalue weighted by atomic mass is 19.4. The van der Waals surface area contributed by atoms with Crippen LogP contribution in [0.2, 0.25) is 0 Å². The molecule has 1 atom stereocenters. The minimum Gasteiger partial charge on any atom is -0.327 e. The summed E-state index contributed by atoms with van der Waals surface area (Å²) in [5, 5.41) is 3.75. The lowest BCUT2D eigenvalue weighted by molar-refractivity contribution is -0.203. The minimum atomic E-state index is -5.27. The molecule has 1 fully saturated rings. The van der Waals surface area contributed by atoms with Gasteiger partial charge in [-0.15, -0.1) is 10.8 Å². The Bertz CT molecular complexity index is 988. The van der Waals surface area contributed by atoms with Crippen LogP contribution >= 0.6 is 0 Å². The molecule has 0 saturated carbocycles. The maximum Gasteiger partial charge on any atom is 0.493 e. The molecule has 1 unspecified atom stereocenters. The second-order valence-corrected chi connectivity index (χ2v) is 6.45. The van der Waals surface area contributed by atoms with Crippen molar-refractivity contribution < 1.29 is 22.8 Å². The van der Waals surface area contributed by atoms with Gasteiger partial charge in [-0.1, -0.05) is 6.58 Å². The molecule has 13 heteroatoms. The molecule has 0 radical (unpaired) electrons.